The molecule has 0 saturated heterocycles. The lowest BCUT2D eigenvalue weighted by atomic mass is 10.0. The molecule has 0 saturated carbocycles. The number of alkyl halides is 5. The molecule has 15 heavy (non-hydrogen) atoms. The molecule has 9 heteroatoms. The molecule has 1 aliphatic rings. The number of aliphatic carboxylic acids is 1. The Bertz CT molecular complexity index is 338. The van der Waals surface area contributed by atoms with E-state index in [-0.39, 0.29) is 0 Å². The third kappa shape index (κ3) is 1.18. The molecule has 0 aromatic heterocycles. The van der Waals surface area contributed by atoms with Crippen molar-refractivity contribution >= 4 is 5.97 Å². The molecule has 0 aliphatic carbocycles. The minimum absolute atomic E-state index is 0.689. The van der Waals surface area contributed by atoms with Crippen molar-refractivity contribution < 1.29 is 41.0 Å². The lowest BCUT2D eigenvalue weighted by molar-refractivity contribution is -0.332. The molecule has 1 atom stereocenters. The van der Waals surface area contributed by atoms with Gasteiger partial charge < -0.3 is 9.84 Å². The van der Waals surface area contributed by atoms with Crippen molar-refractivity contribution in [3.63, 3.8) is 0 Å². The van der Waals surface area contributed by atoms with Gasteiger partial charge in [-0.15, -0.1) is 0 Å². The summed E-state index contributed by atoms with van der Waals surface area (Å²) in [5.74, 6) is -22.1. The summed E-state index contributed by atoms with van der Waals surface area (Å²) in [5, 5.41) is 7.99. The van der Waals surface area contributed by atoms with Crippen LogP contribution in [0.3, 0.4) is 0 Å². The third-order valence-corrected chi connectivity index (χ3v) is 1.70. The molecule has 86 valence electrons. The number of hydrogen-bond acceptors (Lipinski definition) is 2. The number of hydrogen-bond donors (Lipinski definition) is 1. The maximum Gasteiger partial charge on any atom is 0.415 e. The Hall–Kier alpha value is -1.41. The lowest BCUT2D eigenvalue weighted by Crippen LogP contribution is -2.63. The number of carboxylic acid groups (broad SMARTS) is 1. The van der Waals surface area contributed by atoms with Gasteiger partial charge in [-0.25, -0.2) is 9.18 Å². The van der Waals surface area contributed by atoms with E-state index in [0.717, 1.165) is 0 Å². The number of rotatable bonds is 1. The summed E-state index contributed by atoms with van der Waals surface area (Å²) in [6.45, 7) is 0. The van der Waals surface area contributed by atoms with Crippen LogP contribution in [0.5, 0.6) is 0 Å². The van der Waals surface area contributed by atoms with Crippen LogP contribution in [0.4, 0.5) is 26.3 Å². The highest BCUT2D eigenvalue weighted by atomic mass is 19.3. The van der Waals surface area contributed by atoms with E-state index in [0.29, 0.717) is 0 Å². The Kier molecular flexibility index (Phi) is 2.17. The van der Waals surface area contributed by atoms with E-state index < -0.39 is 35.8 Å². The number of ether oxygens (including phenoxy) is 1. The van der Waals surface area contributed by atoms with Gasteiger partial charge in [0, 0.05) is 0 Å². The number of carboxylic acids is 1. The maximum atomic E-state index is 12.9. The summed E-state index contributed by atoms with van der Waals surface area (Å²) in [6.07, 6.45) is -0.689. The van der Waals surface area contributed by atoms with Crippen LogP contribution in [0.15, 0.2) is 12.1 Å². The fourth-order valence-electron chi connectivity index (χ4n) is 0.818. The lowest BCUT2D eigenvalue weighted by Gasteiger charge is -2.36. The molecule has 1 rings (SSSR count). The monoisotopic (exact) mass is 236 g/mol. The first-order valence-corrected chi connectivity index (χ1v) is 3.29. The standard InChI is InChI=1S/C6H2F6O3/c7-2-1-15-5(10,3(13)14)6(11,12)4(2,8)9/h1H,(H,13,14). The molecule has 1 N–H and O–H groups in total. The fraction of sp³-hybridized carbons (Fsp3) is 0.500. The van der Waals surface area contributed by atoms with Crippen LogP contribution < -0.4 is 0 Å². The van der Waals surface area contributed by atoms with Gasteiger partial charge in [0.1, 0.15) is 6.26 Å². The number of allylic oxidation sites excluding steroid dienone is 1. The highest BCUT2D eigenvalue weighted by Gasteiger charge is 2.80. The normalized spacial score (nSPS) is 32.8. The van der Waals surface area contributed by atoms with Crippen LogP contribution in [0.25, 0.3) is 0 Å². The van der Waals surface area contributed by atoms with E-state index in [2.05, 4.69) is 4.74 Å². The first-order chi connectivity index (χ1) is 6.57. The van der Waals surface area contributed by atoms with Crippen LogP contribution in [0.2, 0.25) is 0 Å². The smallest absolute Gasteiger partial charge is 0.415 e. The average molecular weight is 236 g/mol. The van der Waals surface area contributed by atoms with E-state index in [9.17, 15) is 31.1 Å². The highest BCUT2D eigenvalue weighted by Crippen LogP contribution is 2.52. The summed E-state index contributed by atoms with van der Waals surface area (Å²) in [7, 11) is 0. The minimum atomic E-state index is -5.84. The highest BCUT2D eigenvalue weighted by molar-refractivity contribution is 5.77. The Labute approximate surface area is 77.9 Å². The predicted molar refractivity (Wildman–Crippen MR) is 31.6 cm³/mol. The van der Waals surface area contributed by atoms with Crippen molar-refractivity contribution in [2.24, 2.45) is 0 Å². The summed E-state index contributed by atoms with van der Waals surface area (Å²) in [6, 6.07) is 0. The quantitative estimate of drug-likeness (QED) is 0.706. The first-order valence-electron chi connectivity index (χ1n) is 3.29. The topological polar surface area (TPSA) is 46.5 Å². The zero-order valence-electron chi connectivity index (χ0n) is 6.61. The molecule has 0 bridgehead atoms. The van der Waals surface area contributed by atoms with Crippen molar-refractivity contribution in [1.82, 2.24) is 0 Å². The van der Waals surface area contributed by atoms with Crippen LogP contribution in [-0.4, -0.2) is 28.8 Å². The van der Waals surface area contributed by atoms with Gasteiger partial charge in [-0.2, -0.15) is 22.0 Å². The fourth-order valence-corrected chi connectivity index (χ4v) is 0.818. The van der Waals surface area contributed by atoms with Crippen molar-refractivity contribution in [1.29, 1.82) is 0 Å². The van der Waals surface area contributed by atoms with Crippen molar-refractivity contribution in [2.45, 2.75) is 17.7 Å². The summed E-state index contributed by atoms with van der Waals surface area (Å²) >= 11 is 0. The van der Waals surface area contributed by atoms with Gasteiger partial charge >= 0.3 is 23.7 Å². The third-order valence-electron chi connectivity index (χ3n) is 1.70. The van der Waals surface area contributed by atoms with E-state index in [1.54, 1.807) is 0 Å². The van der Waals surface area contributed by atoms with Gasteiger partial charge in [0.2, 0.25) is 5.83 Å². The van der Waals surface area contributed by atoms with E-state index in [4.69, 9.17) is 5.11 Å². The molecular formula is C6H2F6O3. The molecule has 0 aromatic carbocycles. The molecule has 1 unspecified atom stereocenters. The van der Waals surface area contributed by atoms with E-state index >= 15 is 0 Å². The van der Waals surface area contributed by atoms with Gasteiger partial charge in [0.25, 0.3) is 0 Å². The average Bonchev–Trinajstić information content (AvgIpc) is 2.10. The number of halogens is 6. The van der Waals surface area contributed by atoms with E-state index in [1.165, 1.54) is 0 Å². The van der Waals surface area contributed by atoms with Crippen LogP contribution in [0.1, 0.15) is 0 Å². The molecule has 0 radical (unpaired) electrons. The van der Waals surface area contributed by atoms with Gasteiger partial charge in [0.05, 0.1) is 0 Å². The summed E-state index contributed by atoms with van der Waals surface area (Å²) in [5.41, 5.74) is 0. The minimum Gasteiger partial charge on any atom is -0.476 e. The molecule has 1 heterocycles. The maximum absolute atomic E-state index is 12.9. The van der Waals surface area contributed by atoms with Gasteiger partial charge in [0.15, 0.2) is 0 Å². The Morgan fingerprint density at radius 3 is 2.13 bits per heavy atom. The molecule has 0 spiro atoms. The van der Waals surface area contributed by atoms with Crippen molar-refractivity contribution in [2.75, 3.05) is 0 Å². The zero-order chi connectivity index (χ0) is 12.1. The second-order valence-corrected chi connectivity index (χ2v) is 2.63. The number of carbonyl (C=O) groups is 1. The molecule has 0 amide bonds. The van der Waals surface area contributed by atoms with E-state index in [1.807, 2.05) is 0 Å². The molecule has 1 aliphatic heterocycles. The van der Waals surface area contributed by atoms with Crippen molar-refractivity contribution in [3.05, 3.63) is 12.1 Å². The van der Waals surface area contributed by atoms with Gasteiger partial charge in [-0.1, -0.05) is 0 Å². The second kappa shape index (κ2) is 2.80. The summed E-state index contributed by atoms with van der Waals surface area (Å²) < 4.78 is 78.4. The van der Waals surface area contributed by atoms with Gasteiger partial charge in [-0.3, -0.25) is 0 Å². The molecule has 0 aromatic rings. The largest absolute Gasteiger partial charge is 0.476 e. The van der Waals surface area contributed by atoms with Gasteiger partial charge in [-0.05, 0) is 0 Å². The SMILES string of the molecule is O=C(O)C1(F)OC=C(F)C(F)(F)C1(F)F. The van der Waals surface area contributed by atoms with Crippen LogP contribution in [0, 0.1) is 0 Å². The zero-order valence-corrected chi connectivity index (χ0v) is 6.61. The first kappa shape index (κ1) is 11.7. The van der Waals surface area contributed by atoms with Crippen LogP contribution in [-0.2, 0) is 9.53 Å². The Balaban J connectivity index is 3.36. The van der Waals surface area contributed by atoms with Crippen LogP contribution >= 0.6 is 0 Å². The Morgan fingerprint density at radius 1 is 1.27 bits per heavy atom. The van der Waals surface area contributed by atoms with Crippen molar-refractivity contribution in [3.8, 4) is 0 Å². The summed E-state index contributed by atoms with van der Waals surface area (Å²) in [4.78, 5) is 10.0. The molecule has 3 nitrogen and oxygen atoms in total. The molecule has 0 fully saturated rings. The molecular weight excluding hydrogens is 234 g/mol. The second-order valence-electron chi connectivity index (χ2n) is 2.63. The Morgan fingerprint density at radius 2 is 1.73 bits per heavy atom. The predicted octanol–water partition coefficient (Wildman–Crippen LogP) is 1.85.